The van der Waals surface area contributed by atoms with Gasteiger partial charge in [-0.3, -0.25) is 0 Å². The summed E-state index contributed by atoms with van der Waals surface area (Å²) in [6, 6.07) is 8.23. The maximum Gasteiger partial charge on any atom is 0.120 e. The Bertz CT molecular complexity index is 466. The Morgan fingerprint density at radius 2 is 2.18 bits per heavy atom. The fourth-order valence-electron chi connectivity index (χ4n) is 1.83. The number of aromatic nitrogens is 1. The summed E-state index contributed by atoms with van der Waals surface area (Å²) >= 11 is 3.47. The summed E-state index contributed by atoms with van der Waals surface area (Å²) in [5, 5.41) is 2.28. The first-order valence-corrected chi connectivity index (χ1v) is 7.17. The molecule has 1 atom stereocenters. The Morgan fingerprint density at radius 1 is 1.29 bits per heavy atom. The average Bonchev–Trinajstić information content (AvgIpc) is 2.76. The van der Waals surface area contributed by atoms with Crippen LogP contribution in [0.3, 0.4) is 0 Å². The summed E-state index contributed by atoms with van der Waals surface area (Å²) in [7, 11) is 0. The minimum Gasteiger partial charge on any atom is -0.494 e. The molecule has 0 saturated carbocycles. The topological polar surface area (TPSA) is 25.0 Å². The van der Waals surface area contributed by atoms with Crippen LogP contribution in [0.2, 0.25) is 0 Å². The van der Waals surface area contributed by atoms with E-state index < -0.39 is 0 Å². The first-order valence-electron chi connectivity index (χ1n) is 6.05. The van der Waals surface area contributed by atoms with Gasteiger partial charge in [0.25, 0.3) is 0 Å². The van der Waals surface area contributed by atoms with Crippen LogP contribution in [0, 0.1) is 5.92 Å². The molecule has 0 spiro atoms. The van der Waals surface area contributed by atoms with E-state index in [1.807, 2.05) is 12.3 Å². The van der Waals surface area contributed by atoms with Crippen LogP contribution in [0.1, 0.15) is 19.8 Å². The van der Waals surface area contributed by atoms with Crippen molar-refractivity contribution in [1.82, 2.24) is 4.98 Å². The molecule has 2 aromatic rings. The third-order valence-corrected chi connectivity index (χ3v) is 3.46. The third kappa shape index (κ3) is 3.50. The van der Waals surface area contributed by atoms with Gasteiger partial charge in [-0.2, -0.15) is 0 Å². The monoisotopic (exact) mass is 295 g/mol. The number of hydrogen-bond acceptors (Lipinski definition) is 1. The van der Waals surface area contributed by atoms with Crippen molar-refractivity contribution in [2.24, 2.45) is 5.92 Å². The van der Waals surface area contributed by atoms with Gasteiger partial charge in [-0.25, -0.2) is 0 Å². The van der Waals surface area contributed by atoms with Crippen molar-refractivity contribution in [2.45, 2.75) is 19.8 Å². The number of alkyl halides is 1. The largest absolute Gasteiger partial charge is 0.494 e. The molecule has 2 nitrogen and oxygen atoms in total. The highest BCUT2D eigenvalue weighted by Gasteiger charge is 2.02. The Balaban J connectivity index is 1.86. The lowest BCUT2D eigenvalue weighted by Crippen LogP contribution is -2.04. The van der Waals surface area contributed by atoms with Crippen LogP contribution in [0.5, 0.6) is 5.75 Å². The molecule has 0 aliphatic heterocycles. The molecule has 1 heterocycles. The van der Waals surface area contributed by atoms with Crippen LogP contribution in [-0.4, -0.2) is 16.9 Å². The molecular weight excluding hydrogens is 278 g/mol. The Hall–Kier alpha value is -0.960. The summed E-state index contributed by atoms with van der Waals surface area (Å²) < 4.78 is 5.77. The van der Waals surface area contributed by atoms with E-state index in [-0.39, 0.29) is 0 Å². The molecule has 2 rings (SSSR count). The van der Waals surface area contributed by atoms with Crippen LogP contribution in [0.25, 0.3) is 10.9 Å². The van der Waals surface area contributed by atoms with Gasteiger partial charge in [0.05, 0.1) is 6.61 Å². The van der Waals surface area contributed by atoms with E-state index in [4.69, 9.17) is 4.74 Å². The van der Waals surface area contributed by atoms with Gasteiger partial charge >= 0.3 is 0 Å². The predicted molar refractivity (Wildman–Crippen MR) is 76.0 cm³/mol. The Morgan fingerprint density at radius 3 is 3.00 bits per heavy atom. The summed E-state index contributed by atoms with van der Waals surface area (Å²) in [6.45, 7) is 3.06. The van der Waals surface area contributed by atoms with Gasteiger partial charge in [-0.05, 0) is 43.0 Å². The number of fused-ring (bicyclic) bond motifs is 1. The minimum absolute atomic E-state index is 0.713. The number of aromatic amines is 1. The lowest BCUT2D eigenvalue weighted by atomic mass is 10.1. The number of halogens is 1. The molecular formula is C14H18BrNO. The predicted octanol–water partition coefficient (Wildman–Crippen LogP) is 4.36. The number of rotatable bonds is 6. The molecule has 0 aliphatic carbocycles. The zero-order valence-electron chi connectivity index (χ0n) is 10.1. The molecule has 0 saturated heterocycles. The van der Waals surface area contributed by atoms with E-state index in [1.165, 1.54) is 11.8 Å². The molecule has 1 aromatic carbocycles. The molecule has 0 unspecified atom stereocenters. The van der Waals surface area contributed by atoms with Crippen LogP contribution in [0.4, 0.5) is 0 Å². The number of ether oxygens (including phenoxy) is 1. The van der Waals surface area contributed by atoms with Gasteiger partial charge < -0.3 is 9.72 Å². The van der Waals surface area contributed by atoms with Crippen molar-refractivity contribution in [3.8, 4) is 5.75 Å². The van der Waals surface area contributed by atoms with E-state index in [0.29, 0.717) is 5.92 Å². The van der Waals surface area contributed by atoms with Gasteiger partial charge in [-0.1, -0.05) is 22.9 Å². The second-order valence-corrected chi connectivity index (χ2v) is 5.24. The standard InChI is InChI=1S/C14H18BrNO/c1-11(4-7-15)6-9-17-13-2-3-14-12(10-13)5-8-16-14/h2-3,5,8,10-11,16H,4,6-7,9H2,1H3/t11-/m0/s1. The quantitative estimate of drug-likeness (QED) is 0.787. The molecule has 0 bridgehead atoms. The average molecular weight is 296 g/mol. The van der Waals surface area contributed by atoms with Crippen LogP contribution in [-0.2, 0) is 0 Å². The number of hydrogen-bond donors (Lipinski definition) is 1. The maximum atomic E-state index is 5.77. The minimum atomic E-state index is 0.713. The van der Waals surface area contributed by atoms with E-state index in [1.54, 1.807) is 0 Å². The van der Waals surface area contributed by atoms with Gasteiger partial charge in [0, 0.05) is 22.4 Å². The van der Waals surface area contributed by atoms with Crippen molar-refractivity contribution in [3.05, 3.63) is 30.5 Å². The second kappa shape index (κ2) is 6.10. The molecule has 17 heavy (non-hydrogen) atoms. The first kappa shape index (κ1) is 12.5. The molecule has 3 heteroatoms. The summed E-state index contributed by atoms with van der Waals surface area (Å²) in [5.74, 6) is 1.67. The number of H-pyrrole nitrogens is 1. The normalized spacial score (nSPS) is 12.8. The lowest BCUT2D eigenvalue weighted by Gasteiger charge is -2.10. The third-order valence-electron chi connectivity index (χ3n) is 3.01. The molecule has 1 N–H and O–H groups in total. The van der Waals surface area contributed by atoms with Crippen molar-refractivity contribution < 1.29 is 4.74 Å². The molecule has 92 valence electrons. The highest BCUT2D eigenvalue weighted by Crippen LogP contribution is 2.20. The zero-order chi connectivity index (χ0) is 12.1. The highest BCUT2D eigenvalue weighted by molar-refractivity contribution is 9.09. The summed E-state index contributed by atoms with van der Waals surface area (Å²) in [6.07, 6.45) is 4.27. The maximum absolute atomic E-state index is 5.77. The van der Waals surface area contributed by atoms with Crippen molar-refractivity contribution in [2.75, 3.05) is 11.9 Å². The Kier molecular flexibility index (Phi) is 4.49. The van der Waals surface area contributed by atoms with Crippen LogP contribution < -0.4 is 4.74 Å². The zero-order valence-corrected chi connectivity index (χ0v) is 11.7. The summed E-state index contributed by atoms with van der Waals surface area (Å²) in [4.78, 5) is 3.18. The fourth-order valence-corrected chi connectivity index (χ4v) is 2.61. The lowest BCUT2D eigenvalue weighted by molar-refractivity contribution is 0.282. The van der Waals surface area contributed by atoms with Crippen molar-refractivity contribution in [3.63, 3.8) is 0 Å². The molecule has 0 aliphatic rings. The van der Waals surface area contributed by atoms with E-state index in [0.717, 1.165) is 29.6 Å². The SMILES string of the molecule is C[C@@H](CCBr)CCOc1ccc2[nH]ccc2c1. The smallest absolute Gasteiger partial charge is 0.120 e. The Labute approximate surface area is 110 Å². The van der Waals surface area contributed by atoms with Gasteiger partial charge in [-0.15, -0.1) is 0 Å². The highest BCUT2D eigenvalue weighted by atomic mass is 79.9. The fraction of sp³-hybridized carbons (Fsp3) is 0.429. The number of benzene rings is 1. The van der Waals surface area contributed by atoms with Gasteiger partial charge in [0.1, 0.15) is 5.75 Å². The molecule has 0 fully saturated rings. The van der Waals surface area contributed by atoms with Crippen LogP contribution >= 0.6 is 15.9 Å². The van der Waals surface area contributed by atoms with Gasteiger partial charge in [0.15, 0.2) is 0 Å². The number of nitrogens with one attached hydrogen (secondary N) is 1. The molecule has 0 radical (unpaired) electrons. The van der Waals surface area contributed by atoms with Crippen molar-refractivity contribution >= 4 is 26.8 Å². The van der Waals surface area contributed by atoms with Crippen molar-refractivity contribution in [1.29, 1.82) is 0 Å². The van der Waals surface area contributed by atoms with E-state index in [9.17, 15) is 0 Å². The van der Waals surface area contributed by atoms with Gasteiger partial charge in [0.2, 0.25) is 0 Å². The summed E-state index contributed by atoms with van der Waals surface area (Å²) in [5.41, 5.74) is 1.16. The van der Waals surface area contributed by atoms with E-state index in [2.05, 4.69) is 46.0 Å². The molecule has 1 aromatic heterocycles. The first-order chi connectivity index (χ1) is 8.29. The second-order valence-electron chi connectivity index (χ2n) is 4.45. The molecule has 0 amide bonds. The van der Waals surface area contributed by atoms with Crippen LogP contribution in [0.15, 0.2) is 30.5 Å². The van der Waals surface area contributed by atoms with E-state index >= 15 is 0 Å².